The first kappa shape index (κ1) is 31.2. The van der Waals surface area contributed by atoms with Crippen LogP contribution in [0.4, 0.5) is 0 Å². The summed E-state index contributed by atoms with van der Waals surface area (Å²) in [5.41, 5.74) is 18.0. The van der Waals surface area contributed by atoms with Crippen LogP contribution in [0.5, 0.6) is 0 Å². The highest BCUT2D eigenvalue weighted by Crippen LogP contribution is 2.64. The molecule has 1 heterocycles. The minimum atomic E-state index is -0.560. The van der Waals surface area contributed by atoms with E-state index in [2.05, 4.69) is 134 Å². The van der Waals surface area contributed by atoms with Crippen LogP contribution in [0.1, 0.15) is 38.9 Å². The molecule has 2 aliphatic carbocycles. The molecule has 51 heavy (non-hydrogen) atoms. The van der Waals surface area contributed by atoms with E-state index < -0.39 is 5.41 Å². The number of fused-ring (bicyclic) bond motifs is 10. The lowest BCUT2D eigenvalue weighted by Crippen LogP contribution is -2.26. The fourth-order valence-corrected chi connectivity index (χ4v) is 9.43. The summed E-state index contributed by atoms with van der Waals surface area (Å²) in [6.45, 7) is 12.6. The average molecular weight is 689 g/mol. The zero-order chi connectivity index (χ0) is 34.7. The van der Waals surface area contributed by atoms with E-state index in [0.717, 1.165) is 49.5 Å². The Morgan fingerprint density at radius 2 is 1.29 bits per heavy atom. The molecule has 6 aromatic carbocycles. The number of thiazole rings is 1. The van der Waals surface area contributed by atoms with E-state index >= 15 is 0 Å². The lowest BCUT2D eigenvalue weighted by molar-refractivity contribution is 0.794. The summed E-state index contributed by atoms with van der Waals surface area (Å²) in [4.78, 5) is 4.61. The third-order valence-electron chi connectivity index (χ3n) is 10.4. The molecule has 0 atom stereocenters. The highest BCUT2D eigenvalue weighted by atomic mass is 32.2. The highest BCUT2D eigenvalue weighted by Gasteiger charge is 2.52. The van der Waals surface area contributed by atoms with Crippen molar-refractivity contribution in [2.75, 3.05) is 0 Å². The number of nitrogens with zero attached hydrogens (tertiary/aromatic N) is 1. The molecular formula is C47H32N2S2. The summed E-state index contributed by atoms with van der Waals surface area (Å²) in [5, 5.41) is 13.8. The molecular weight excluding hydrogens is 657 g/mol. The van der Waals surface area contributed by atoms with Crippen LogP contribution in [-0.4, -0.2) is 10.0 Å². The number of hydrogen-bond donors (Lipinski definition) is 1. The van der Waals surface area contributed by atoms with Crippen molar-refractivity contribution in [3.8, 4) is 55.1 Å². The lowest BCUT2D eigenvalue weighted by atomic mass is 9.69. The molecule has 0 amide bonds. The Balaban J connectivity index is 1.37. The molecule has 2 nitrogen and oxygen atoms in total. The van der Waals surface area contributed by atoms with Gasteiger partial charge in [-0.15, -0.1) is 11.3 Å². The van der Waals surface area contributed by atoms with Gasteiger partial charge >= 0.3 is 0 Å². The maximum atomic E-state index is 8.59. The zero-order valence-electron chi connectivity index (χ0n) is 27.8. The van der Waals surface area contributed by atoms with Crippen molar-refractivity contribution in [1.29, 1.82) is 5.41 Å². The Morgan fingerprint density at radius 3 is 2.00 bits per heavy atom. The molecule has 0 radical (unpaired) electrons. The number of rotatable bonds is 7. The van der Waals surface area contributed by atoms with E-state index in [4.69, 9.17) is 5.41 Å². The van der Waals surface area contributed by atoms with Crippen molar-refractivity contribution in [2.45, 2.75) is 5.41 Å². The van der Waals surface area contributed by atoms with E-state index in [1.807, 2.05) is 35.9 Å². The van der Waals surface area contributed by atoms with Gasteiger partial charge in [0.25, 0.3) is 0 Å². The fraction of sp³-hybridized carbons (Fsp3) is 0.0213. The monoisotopic (exact) mass is 688 g/mol. The molecule has 7 aromatic rings. The molecule has 0 saturated carbocycles. The van der Waals surface area contributed by atoms with Crippen LogP contribution in [0.3, 0.4) is 0 Å². The molecule has 0 aliphatic heterocycles. The SMILES string of the molecule is C=CSC(=N)c1cccc(-c2ccc3c(c2)C2(c4ccccc4-c4ccccc42)c2cc(-c4cccc(-c5nccs5)c4)c(C=C)c(C=C)c2-3)c1. The number of thioether (sulfide) groups is 1. The molecule has 4 heteroatoms. The summed E-state index contributed by atoms with van der Waals surface area (Å²) in [6, 6.07) is 44.1. The molecule has 9 rings (SSSR count). The van der Waals surface area contributed by atoms with E-state index in [-0.39, 0.29) is 0 Å². The molecule has 0 fully saturated rings. The topological polar surface area (TPSA) is 36.7 Å². The van der Waals surface area contributed by atoms with Gasteiger partial charge in [0.05, 0.1) is 10.5 Å². The zero-order valence-corrected chi connectivity index (χ0v) is 29.5. The van der Waals surface area contributed by atoms with Crippen molar-refractivity contribution in [1.82, 2.24) is 4.98 Å². The van der Waals surface area contributed by atoms with E-state index in [1.54, 1.807) is 16.7 Å². The number of hydrogen-bond acceptors (Lipinski definition) is 4. The third kappa shape index (κ3) is 4.57. The number of nitrogens with one attached hydrogen (secondary N) is 1. The van der Waals surface area contributed by atoms with Crippen molar-refractivity contribution in [3.05, 3.63) is 197 Å². The molecule has 0 unspecified atom stereocenters. The summed E-state index contributed by atoms with van der Waals surface area (Å²) >= 11 is 2.98. The van der Waals surface area contributed by atoms with E-state index in [9.17, 15) is 0 Å². The summed E-state index contributed by atoms with van der Waals surface area (Å²) in [5.74, 6) is 0. The fourth-order valence-electron chi connectivity index (χ4n) is 8.37. The standard InChI is InChI=1S/C47H32N2S2/c1-4-34-35(5-2)44-38-22-21-30(29-13-11-15-32(25-29)45(48)50-6-3)27-42(38)47(40-19-9-7-17-36(40)37-18-8-10-20-41(37)47)43(44)28-39(34)31-14-12-16-33(26-31)46-49-23-24-51-46/h4-28,48H,1-3H2. The summed E-state index contributed by atoms with van der Waals surface area (Å²) < 4.78 is 0. The maximum Gasteiger partial charge on any atom is 0.123 e. The second-order valence-corrected chi connectivity index (χ2v) is 14.7. The van der Waals surface area contributed by atoms with Gasteiger partial charge < -0.3 is 0 Å². The van der Waals surface area contributed by atoms with Crippen LogP contribution in [0.15, 0.2) is 158 Å². The predicted molar refractivity (Wildman–Crippen MR) is 220 cm³/mol. The van der Waals surface area contributed by atoms with Crippen LogP contribution in [0.25, 0.3) is 67.2 Å². The molecule has 1 spiro atoms. The molecule has 2 aliphatic rings. The van der Waals surface area contributed by atoms with Gasteiger partial charge in [0.1, 0.15) is 5.01 Å². The predicted octanol–water partition coefficient (Wildman–Crippen LogP) is 13.0. The lowest BCUT2D eigenvalue weighted by Gasteiger charge is -2.31. The van der Waals surface area contributed by atoms with Crippen LogP contribution in [0.2, 0.25) is 0 Å². The molecule has 0 bridgehead atoms. The average Bonchev–Trinajstić information content (AvgIpc) is 3.90. The first-order valence-electron chi connectivity index (χ1n) is 16.9. The highest BCUT2D eigenvalue weighted by molar-refractivity contribution is 8.16. The second-order valence-electron chi connectivity index (χ2n) is 12.8. The minimum absolute atomic E-state index is 0.481. The Morgan fingerprint density at radius 1 is 0.608 bits per heavy atom. The summed E-state index contributed by atoms with van der Waals surface area (Å²) in [7, 11) is 0. The Bertz CT molecular complexity index is 2550. The molecule has 1 N–H and O–H groups in total. The Hall–Kier alpha value is -5.81. The van der Waals surface area contributed by atoms with Crippen molar-refractivity contribution in [2.24, 2.45) is 0 Å². The molecule has 1 aromatic heterocycles. The van der Waals surface area contributed by atoms with E-state index in [0.29, 0.717) is 5.04 Å². The second kappa shape index (κ2) is 12.2. The Kier molecular flexibility index (Phi) is 7.46. The third-order valence-corrected chi connectivity index (χ3v) is 11.8. The van der Waals surface area contributed by atoms with Crippen molar-refractivity contribution in [3.63, 3.8) is 0 Å². The quantitative estimate of drug-likeness (QED) is 0.134. The largest absolute Gasteiger partial charge is 0.293 e. The molecule has 242 valence electrons. The van der Waals surface area contributed by atoms with Gasteiger partial charge in [0.15, 0.2) is 0 Å². The first-order valence-corrected chi connectivity index (χ1v) is 18.6. The van der Waals surface area contributed by atoms with Crippen LogP contribution >= 0.6 is 23.1 Å². The maximum absolute atomic E-state index is 8.59. The normalized spacial score (nSPS) is 12.9. The smallest absolute Gasteiger partial charge is 0.123 e. The minimum Gasteiger partial charge on any atom is -0.293 e. The van der Waals surface area contributed by atoms with Crippen LogP contribution in [0, 0.1) is 5.41 Å². The number of aromatic nitrogens is 1. The van der Waals surface area contributed by atoms with Crippen molar-refractivity contribution >= 4 is 40.3 Å². The van der Waals surface area contributed by atoms with Gasteiger partial charge in [0, 0.05) is 22.7 Å². The van der Waals surface area contributed by atoms with Gasteiger partial charge in [-0.2, -0.15) is 0 Å². The van der Waals surface area contributed by atoms with Gasteiger partial charge in [0.2, 0.25) is 0 Å². The van der Waals surface area contributed by atoms with Gasteiger partial charge in [-0.1, -0.05) is 141 Å². The van der Waals surface area contributed by atoms with Gasteiger partial charge in [-0.05, 0) is 108 Å². The van der Waals surface area contributed by atoms with Crippen molar-refractivity contribution < 1.29 is 0 Å². The summed E-state index contributed by atoms with van der Waals surface area (Å²) in [6.07, 6.45) is 5.86. The van der Waals surface area contributed by atoms with E-state index in [1.165, 1.54) is 56.3 Å². The van der Waals surface area contributed by atoms with Gasteiger partial charge in [-0.25, -0.2) is 4.98 Å². The molecule has 0 saturated heterocycles. The van der Waals surface area contributed by atoms with Crippen LogP contribution in [-0.2, 0) is 5.41 Å². The van der Waals surface area contributed by atoms with Gasteiger partial charge in [-0.3, -0.25) is 5.41 Å². The Labute approximate surface area is 306 Å². The number of benzene rings is 6. The van der Waals surface area contributed by atoms with Crippen LogP contribution < -0.4 is 0 Å². The first-order chi connectivity index (χ1) is 25.1.